The summed E-state index contributed by atoms with van der Waals surface area (Å²) in [7, 11) is 0. The van der Waals surface area contributed by atoms with Crippen LogP contribution in [0.25, 0.3) is 10.9 Å². The summed E-state index contributed by atoms with van der Waals surface area (Å²) < 4.78 is 5.11. The summed E-state index contributed by atoms with van der Waals surface area (Å²) in [5, 5.41) is 11.1. The van der Waals surface area contributed by atoms with Gasteiger partial charge >= 0.3 is 11.9 Å². The number of esters is 1. The largest absolute Gasteiger partial charge is 0.481 e. The number of para-hydroxylation sites is 1. The number of H-pyrrole nitrogens is 1. The van der Waals surface area contributed by atoms with Crippen LogP contribution in [-0.4, -0.2) is 46.6 Å². The van der Waals surface area contributed by atoms with Crippen LogP contribution in [0.1, 0.15) is 56.8 Å². The zero-order chi connectivity index (χ0) is 20.6. The van der Waals surface area contributed by atoms with Crippen LogP contribution in [0, 0.1) is 11.3 Å². The maximum absolute atomic E-state index is 12.4. The molecule has 3 unspecified atom stereocenters. The molecule has 2 aromatic rings. The fourth-order valence-electron chi connectivity index (χ4n) is 5.65. The summed E-state index contributed by atoms with van der Waals surface area (Å²) >= 11 is 0. The summed E-state index contributed by atoms with van der Waals surface area (Å²) in [6.07, 6.45) is 4.08. The third kappa shape index (κ3) is 3.33. The summed E-state index contributed by atoms with van der Waals surface area (Å²) in [5.74, 6) is -2.82. The van der Waals surface area contributed by atoms with Crippen LogP contribution in [0.2, 0.25) is 0 Å². The monoisotopic (exact) mass is 398 g/mol. The minimum Gasteiger partial charge on any atom is -0.481 e. The van der Waals surface area contributed by atoms with E-state index in [2.05, 4.69) is 35.0 Å². The summed E-state index contributed by atoms with van der Waals surface area (Å²) in [5.41, 5.74) is 3.43. The molecule has 4 rings (SSSR count). The van der Waals surface area contributed by atoms with Crippen LogP contribution < -0.4 is 0 Å². The number of fused-ring (bicyclic) bond motifs is 5. The van der Waals surface area contributed by atoms with E-state index in [1.807, 2.05) is 6.07 Å². The fourth-order valence-corrected chi connectivity index (χ4v) is 5.65. The molecule has 0 aliphatic carbocycles. The molecule has 6 heteroatoms. The molecule has 156 valence electrons. The van der Waals surface area contributed by atoms with Crippen molar-refractivity contribution in [2.75, 3.05) is 19.7 Å². The Balaban J connectivity index is 1.78. The van der Waals surface area contributed by atoms with Gasteiger partial charge in [0.25, 0.3) is 0 Å². The van der Waals surface area contributed by atoms with Crippen molar-refractivity contribution in [2.45, 2.75) is 52.0 Å². The number of aromatic nitrogens is 1. The lowest BCUT2D eigenvalue weighted by molar-refractivity contribution is -0.161. The third-order valence-corrected chi connectivity index (χ3v) is 7.02. The van der Waals surface area contributed by atoms with E-state index in [9.17, 15) is 14.7 Å². The quantitative estimate of drug-likeness (QED) is 0.569. The van der Waals surface area contributed by atoms with E-state index in [1.54, 1.807) is 6.92 Å². The summed E-state index contributed by atoms with van der Waals surface area (Å²) in [6.45, 7) is 6.03. The van der Waals surface area contributed by atoms with Crippen molar-refractivity contribution in [2.24, 2.45) is 11.3 Å². The number of piperidine rings is 1. The van der Waals surface area contributed by atoms with Crippen LogP contribution in [0.3, 0.4) is 0 Å². The minimum absolute atomic E-state index is 0.105. The number of carboxylic acids is 1. The van der Waals surface area contributed by atoms with Gasteiger partial charge in [0.15, 0.2) is 5.92 Å². The van der Waals surface area contributed by atoms with Gasteiger partial charge < -0.3 is 14.8 Å². The Kier molecular flexibility index (Phi) is 5.38. The van der Waals surface area contributed by atoms with E-state index in [0.29, 0.717) is 6.42 Å². The lowest BCUT2D eigenvalue weighted by Crippen LogP contribution is -2.50. The van der Waals surface area contributed by atoms with Crippen LogP contribution in [-0.2, 0) is 20.7 Å². The molecule has 2 N–H and O–H groups in total. The molecule has 1 aromatic carbocycles. The molecule has 0 spiro atoms. The molecule has 3 heterocycles. The van der Waals surface area contributed by atoms with E-state index in [1.165, 1.54) is 16.6 Å². The van der Waals surface area contributed by atoms with Gasteiger partial charge in [0.1, 0.15) is 0 Å². The summed E-state index contributed by atoms with van der Waals surface area (Å²) in [6, 6.07) is 8.48. The first kappa shape index (κ1) is 20.0. The van der Waals surface area contributed by atoms with Gasteiger partial charge in [-0.15, -0.1) is 0 Å². The first-order valence-corrected chi connectivity index (χ1v) is 10.7. The van der Waals surface area contributed by atoms with Crippen molar-refractivity contribution < 1.29 is 19.4 Å². The fraction of sp³-hybridized carbons (Fsp3) is 0.565. The van der Waals surface area contributed by atoms with E-state index >= 15 is 0 Å². The number of benzene rings is 1. The number of carbonyl (C=O) groups is 2. The van der Waals surface area contributed by atoms with Crippen molar-refractivity contribution in [3.8, 4) is 0 Å². The third-order valence-electron chi connectivity index (χ3n) is 7.02. The number of carboxylic acid groups (broad SMARTS) is 1. The van der Waals surface area contributed by atoms with Gasteiger partial charge in [-0.25, -0.2) is 0 Å². The van der Waals surface area contributed by atoms with E-state index in [0.717, 1.165) is 44.3 Å². The lowest BCUT2D eigenvalue weighted by Gasteiger charge is -2.52. The smallest absolute Gasteiger partial charge is 0.320 e. The molecule has 2 aliphatic rings. The Labute approximate surface area is 171 Å². The predicted molar refractivity (Wildman–Crippen MR) is 111 cm³/mol. The summed E-state index contributed by atoms with van der Waals surface area (Å²) in [4.78, 5) is 30.6. The van der Waals surface area contributed by atoms with Crippen LogP contribution >= 0.6 is 0 Å². The molecular formula is C23H30N2O4. The van der Waals surface area contributed by atoms with Gasteiger partial charge in [-0.2, -0.15) is 0 Å². The number of nitrogens with one attached hydrogen (secondary N) is 1. The highest BCUT2D eigenvalue weighted by Gasteiger charge is 2.50. The Bertz CT molecular complexity index is 921. The number of ether oxygens (including phenoxy) is 1. The number of carbonyl (C=O) groups excluding carboxylic acids is 1. The molecule has 0 amide bonds. The zero-order valence-electron chi connectivity index (χ0n) is 17.2. The van der Waals surface area contributed by atoms with Crippen LogP contribution in [0.4, 0.5) is 0 Å². The standard InChI is InChI=1S/C23H30N2O4/c1-3-23(14-17(21(26)27)22(28)29-4-2)11-7-12-25-13-10-16-15-8-5-6-9-18(15)24-19(16)20(23)25/h5-6,8-9,17,20,24H,3-4,7,10-14H2,1-2H3,(H,26,27). The maximum atomic E-state index is 12.4. The van der Waals surface area contributed by atoms with E-state index in [4.69, 9.17) is 4.74 Å². The van der Waals surface area contributed by atoms with Crippen LogP contribution in [0.5, 0.6) is 0 Å². The second-order valence-corrected chi connectivity index (χ2v) is 8.42. The van der Waals surface area contributed by atoms with E-state index < -0.39 is 17.9 Å². The SMILES string of the molecule is CCOC(=O)C(CC1(CC)CCCN2CCc3c([nH]c4ccccc34)C21)C(=O)O. The molecule has 29 heavy (non-hydrogen) atoms. The zero-order valence-corrected chi connectivity index (χ0v) is 17.2. The molecule has 0 radical (unpaired) electrons. The average Bonchev–Trinajstić information content (AvgIpc) is 3.10. The number of nitrogens with zero attached hydrogens (tertiary/aromatic N) is 1. The second kappa shape index (κ2) is 7.82. The van der Waals surface area contributed by atoms with Crippen LogP contribution in [0.15, 0.2) is 24.3 Å². The van der Waals surface area contributed by atoms with Crippen molar-refractivity contribution in [1.29, 1.82) is 0 Å². The van der Waals surface area contributed by atoms with Crippen molar-refractivity contribution >= 4 is 22.8 Å². The van der Waals surface area contributed by atoms with Gasteiger partial charge in [0.2, 0.25) is 0 Å². The molecule has 0 bridgehead atoms. The first-order chi connectivity index (χ1) is 14.0. The topological polar surface area (TPSA) is 82.6 Å². The van der Waals surface area contributed by atoms with Gasteiger partial charge in [-0.1, -0.05) is 25.1 Å². The molecule has 1 saturated heterocycles. The van der Waals surface area contributed by atoms with E-state index in [-0.39, 0.29) is 18.1 Å². The highest BCUT2D eigenvalue weighted by Crippen LogP contribution is 2.54. The first-order valence-electron chi connectivity index (χ1n) is 10.7. The lowest BCUT2D eigenvalue weighted by atomic mass is 9.64. The number of aromatic amines is 1. The molecule has 1 aromatic heterocycles. The highest BCUT2D eigenvalue weighted by atomic mass is 16.5. The molecular weight excluding hydrogens is 368 g/mol. The number of hydrogen-bond acceptors (Lipinski definition) is 4. The number of hydrogen-bond donors (Lipinski definition) is 2. The van der Waals surface area contributed by atoms with Gasteiger partial charge in [-0.05, 0) is 62.6 Å². The molecule has 2 aliphatic heterocycles. The van der Waals surface area contributed by atoms with Crippen molar-refractivity contribution in [3.63, 3.8) is 0 Å². The van der Waals surface area contributed by atoms with Gasteiger partial charge in [0.05, 0.1) is 12.6 Å². The van der Waals surface area contributed by atoms with Crippen molar-refractivity contribution in [3.05, 3.63) is 35.5 Å². The molecule has 0 saturated carbocycles. The Morgan fingerprint density at radius 3 is 2.83 bits per heavy atom. The average molecular weight is 399 g/mol. The molecule has 6 nitrogen and oxygen atoms in total. The minimum atomic E-state index is -1.12. The maximum Gasteiger partial charge on any atom is 0.320 e. The highest BCUT2D eigenvalue weighted by molar-refractivity contribution is 5.94. The second-order valence-electron chi connectivity index (χ2n) is 8.42. The molecule has 1 fully saturated rings. The molecule has 3 atom stereocenters. The number of aliphatic carboxylic acids is 1. The number of rotatable bonds is 6. The predicted octanol–water partition coefficient (Wildman–Crippen LogP) is 3.91. The van der Waals surface area contributed by atoms with Gasteiger partial charge in [0, 0.05) is 23.1 Å². The Hall–Kier alpha value is -2.34. The van der Waals surface area contributed by atoms with Crippen molar-refractivity contribution in [1.82, 2.24) is 9.88 Å². The van der Waals surface area contributed by atoms with Gasteiger partial charge in [-0.3, -0.25) is 14.5 Å². The normalized spacial score (nSPS) is 25.2. The Morgan fingerprint density at radius 2 is 2.10 bits per heavy atom. The Morgan fingerprint density at radius 1 is 1.31 bits per heavy atom.